The molecule has 0 unspecified atom stereocenters. The summed E-state index contributed by atoms with van der Waals surface area (Å²) >= 11 is 0. The average molecular weight is 538 g/mol. The summed E-state index contributed by atoms with van der Waals surface area (Å²) in [4.78, 5) is 38.8. The number of methoxy groups -OCH3 is 1. The number of carbonyl (C=O) groups excluding carboxylic acids is 1. The van der Waals surface area contributed by atoms with E-state index in [0.717, 1.165) is 48.6 Å². The highest BCUT2D eigenvalue weighted by atomic mass is 16.5. The molecule has 2 heterocycles. The number of nitrogens with zero attached hydrogens (tertiary/aromatic N) is 3. The molecule has 2 fully saturated rings. The molecular formula is C30H39N3O6. The summed E-state index contributed by atoms with van der Waals surface area (Å²) in [5.74, 6) is -1.55. The Hall–Kier alpha value is -3.85. The summed E-state index contributed by atoms with van der Waals surface area (Å²) < 4.78 is 5.52. The predicted molar refractivity (Wildman–Crippen MR) is 151 cm³/mol. The number of aliphatic carboxylic acids is 2. The van der Waals surface area contributed by atoms with Gasteiger partial charge in [-0.1, -0.05) is 6.07 Å². The fraction of sp³-hybridized carbons (Fsp3) is 0.433. The first kappa shape index (κ1) is 29.7. The number of hydrogen-bond acceptors (Lipinski definition) is 6. The zero-order valence-corrected chi connectivity index (χ0v) is 23.1. The molecule has 2 aromatic carbocycles. The molecule has 2 aliphatic rings. The maximum absolute atomic E-state index is 12.8. The lowest BCUT2D eigenvalue weighted by Gasteiger charge is -2.43. The van der Waals surface area contributed by atoms with E-state index >= 15 is 0 Å². The van der Waals surface area contributed by atoms with Crippen LogP contribution in [0.1, 0.15) is 49.9 Å². The van der Waals surface area contributed by atoms with Gasteiger partial charge in [-0.25, -0.2) is 9.59 Å². The molecule has 2 N–H and O–H groups in total. The summed E-state index contributed by atoms with van der Waals surface area (Å²) in [6.07, 6.45) is 6.02. The number of carboxylic acids is 2. The summed E-state index contributed by atoms with van der Waals surface area (Å²) in [6, 6.07) is 18.2. The first-order valence-corrected chi connectivity index (χ1v) is 13.4. The number of anilines is 2. The first-order valence-electron chi connectivity index (χ1n) is 13.4. The van der Waals surface area contributed by atoms with Crippen molar-refractivity contribution in [3.8, 4) is 5.75 Å². The SMILES string of the molecule is CCN(CC)C(=O)c1ccc(N(c2cccc(OC)c2)[C@H]2C[C@H]3CC[C@@H](C2)N3C)cc1.O=C(O)/C=C/C(=O)O. The molecule has 0 aliphatic carbocycles. The maximum atomic E-state index is 12.8. The average Bonchev–Trinajstić information content (AvgIpc) is 3.12. The van der Waals surface area contributed by atoms with Crippen molar-refractivity contribution in [2.75, 3.05) is 32.1 Å². The van der Waals surface area contributed by atoms with Crippen LogP contribution in [-0.2, 0) is 9.59 Å². The number of ether oxygens (including phenoxy) is 1. The molecule has 2 aliphatic heterocycles. The summed E-state index contributed by atoms with van der Waals surface area (Å²) in [5, 5.41) is 15.6. The van der Waals surface area contributed by atoms with E-state index in [9.17, 15) is 14.4 Å². The van der Waals surface area contributed by atoms with E-state index in [4.69, 9.17) is 14.9 Å². The quantitative estimate of drug-likeness (QED) is 0.445. The van der Waals surface area contributed by atoms with Gasteiger partial charge in [-0.2, -0.15) is 0 Å². The Morgan fingerprint density at radius 3 is 1.97 bits per heavy atom. The van der Waals surface area contributed by atoms with E-state index < -0.39 is 11.9 Å². The summed E-state index contributed by atoms with van der Waals surface area (Å²) in [7, 11) is 3.99. The lowest BCUT2D eigenvalue weighted by atomic mass is 9.95. The fourth-order valence-electron chi connectivity index (χ4n) is 5.53. The Morgan fingerprint density at radius 1 is 0.923 bits per heavy atom. The molecule has 9 nitrogen and oxygen atoms in total. The molecule has 3 atom stereocenters. The van der Waals surface area contributed by atoms with Crippen molar-refractivity contribution in [2.24, 2.45) is 0 Å². The van der Waals surface area contributed by atoms with Gasteiger partial charge in [-0.05, 0) is 83.0 Å². The second-order valence-corrected chi connectivity index (χ2v) is 9.78. The molecule has 9 heteroatoms. The van der Waals surface area contributed by atoms with E-state index in [1.165, 1.54) is 12.8 Å². The highest BCUT2D eigenvalue weighted by Crippen LogP contribution is 2.41. The van der Waals surface area contributed by atoms with Gasteiger partial charge in [-0.15, -0.1) is 0 Å². The van der Waals surface area contributed by atoms with Gasteiger partial charge in [0, 0.05) is 66.4 Å². The largest absolute Gasteiger partial charge is 0.497 e. The zero-order chi connectivity index (χ0) is 28.5. The topological polar surface area (TPSA) is 111 Å². The van der Waals surface area contributed by atoms with E-state index in [1.54, 1.807) is 7.11 Å². The van der Waals surface area contributed by atoms with Gasteiger partial charge in [0.2, 0.25) is 0 Å². The molecule has 4 rings (SSSR count). The van der Waals surface area contributed by atoms with Gasteiger partial charge in [-0.3, -0.25) is 4.79 Å². The van der Waals surface area contributed by atoms with Crippen molar-refractivity contribution in [2.45, 2.75) is 57.7 Å². The molecule has 210 valence electrons. The minimum atomic E-state index is -1.26. The van der Waals surface area contributed by atoms with Gasteiger partial charge in [0.15, 0.2) is 0 Å². The predicted octanol–water partition coefficient (Wildman–Crippen LogP) is 4.65. The molecular weight excluding hydrogens is 498 g/mol. The van der Waals surface area contributed by atoms with Crippen molar-refractivity contribution in [1.82, 2.24) is 9.80 Å². The summed E-state index contributed by atoms with van der Waals surface area (Å²) in [6.45, 7) is 5.50. The molecule has 0 saturated carbocycles. The van der Waals surface area contributed by atoms with Gasteiger partial charge >= 0.3 is 11.9 Å². The first-order chi connectivity index (χ1) is 18.7. The Bertz CT molecular complexity index is 1130. The van der Waals surface area contributed by atoms with Gasteiger partial charge in [0.25, 0.3) is 5.91 Å². The second-order valence-electron chi connectivity index (χ2n) is 9.78. The van der Waals surface area contributed by atoms with E-state index in [-0.39, 0.29) is 5.91 Å². The number of carboxylic acid groups (broad SMARTS) is 2. The number of hydrogen-bond donors (Lipinski definition) is 2. The van der Waals surface area contributed by atoms with Crippen molar-refractivity contribution < 1.29 is 29.3 Å². The van der Waals surface area contributed by atoms with Crippen molar-refractivity contribution >= 4 is 29.2 Å². The van der Waals surface area contributed by atoms with Crippen LogP contribution in [0.15, 0.2) is 60.7 Å². The van der Waals surface area contributed by atoms with Crippen LogP contribution in [0.2, 0.25) is 0 Å². The van der Waals surface area contributed by atoms with E-state index in [2.05, 4.69) is 47.2 Å². The Kier molecular flexibility index (Phi) is 10.5. The van der Waals surface area contributed by atoms with Gasteiger partial charge in [0.1, 0.15) is 5.75 Å². The number of piperidine rings is 1. The minimum Gasteiger partial charge on any atom is -0.497 e. The molecule has 0 spiro atoms. The van der Waals surface area contributed by atoms with Crippen LogP contribution in [0.25, 0.3) is 0 Å². The lowest BCUT2D eigenvalue weighted by molar-refractivity contribution is -0.134. The number of fused-ring (bicyclic) bond motifs is 2. The molecule has 0 aromatic heterocycles. The van der Waals surface area contributed by atoms with Crippen molar-refractivity contribution in [3.05, 3.63) is 66.2 Å². The molecule has 2 aromatic rings. The van der Waals surface area contributed by atoms with Crippen LogP contribution in [0.5, 0.6) is 5.75 Å². The van der Waals surface area contributed by atoms with Crippen LogP contribution in [0.4, 0.5) is 11.4 Å². The molecule has 2 saturated heterocycles. The highest BCUT2D eigenvalue weighted by Gasteiger charge is 2.41. The van der Waals surface area contributed by atoms with Crippen LogP contribution in [0, 0.1) is 0 Å². The minimum absolute atomic E-state index is 0.0989. The third-order valence-electron chi connectivity index (χ3n) is 7.58. The van der Waals surface area contributed by atoms with Crippen LogP contribution >= 0.6 is 0 Å². The lowest BCUT2D eigenvalue weighted by Crippen LogP contribution is -2.47. The zero-order valence-electron chi connectivity index (χ0n) is 23.1. The molecule has 0 radical (unpaired) electrons. The van der Waals surface area contributed by atoms with Gasteiger partial charge in [0.05, 0.1) is 7.11 Å². The highest BCUT2D eigenvalue weighted by molar-refractivity contribution is 5.94. The third kappa shape index (κ3) is 7.60. The van der Waals surface area contributed by atoms with Crippen LogP contribution in [0.3, 0.4) is 0 Å². The second kappa shape index (κ2) is 13.8. The number of amides is 1. The van der Waals surface area contributed by atoms with E-state index in [1.807, 2.05) is 36.9 Å². The Balaban J connectivity index is 0.000000459. The fourth-order valence-corrected chi connectivity index (χ4v) is 5.53. The van der Waals surface area contributed by atoms with E-state index in [0.29, 0.717) is 30.3 Å². The summed E-state index contributed by atoms with van der Waals surface area (Å²) in [5.41, 5.74) is 3.04. The Labute approximate surface area is 230 Å². The maximum Gasteiger partial charge on any atom is 0.328 e. The number of benzene rings is 2. The van der Waals surface area contributed by atoms with Crippen LogP contribution < -0.4 is 9.64 Å². The van der Waals surface area contributed by atoms with Crippen LogP contribution in [-0.4, -0.2) is 83.2 Å². The monoisotopic (exact) mass is 537 g/mol. The number of carbonyl (C=O) groups is 3. The third-order valence-corrected chi connectivity index (χ3v) is 7.58. The standard InChI is InChI=1S/C26H35N3O2.C4H4O4/c1-5-28(6-2)26(30)19-10-12-20(13-11-19)29(23-8-7-9-25(18-23)31-4)24-16-21-14-15-22(17-24)27(21)3;5-3(6)1-2-4(7)8/h7-13,18,21-22,24H,5-6,14-17H2,1-4H3;1-2H,(H,5,6)(H,7,8)/b;2-1+/t21-,22+,24+;. The van der Waals surface area contributed by atoms with Gasteiger partial charge < -0.3 is 29.6 Å². The molecule has 2 bridgehead atoms. The van der Waals surface area contributed by atoms with Crippen molar-refractivity contribution in [1.29, 1.82) is 0 Å². The normalized spacial score (nSPS) is 20.2. The smallest absolute Gasteiger partial charge is 0.328 e. The van der Waals surface area contributed by atoms with Crippen molar-refractivity contribution in [3.63, 3.8) is 0 Å². The Morgan fingerprint density at radius 2 is 1.49 bits per heavy atom. The molecule has 1 amide bonds. The molecule has 39 heavy (non-hydrogen) atoms. The number of rotatable bonds is 9.